The van der Waals surface area contributed by atoms with Gasteiger partial charge in [0.15, 0.2) is 0 Å². The van der Waals surface area contributed by atoms with Crippen molar-refractivity contribution < 1.29 is 27.6 Å². The Morgan fingerprint density at radius 2 is 1.86 bits per heavy atom. The number of benzene rings is 1. The van der Waals surface area contributed by atoms with Gasteiger partial charge in [0.25, 0.3) is 5.69 Å². The summed E-state index contributed by atoms with van der Waals surface area (Å²) in [6, 6.07) is 2.91. The van der Waals surface area contributed by atoms with E-state index in [0.29, 0.717) is 0 Å². The Bertz CT molecular complexity index is 615. The average Bonchev–Trinajstić information content (AvgIpc) is 2.32. The summed E-state index contributed by atoms with van der Waals surface area (Å²) in [6.07, 6.45) is -3.26. The number of nitro benzene ring substituents is 1. The highest BCUT2D eigenvalue weighted by atomic mass is 19.4. The quantitative estimate of drug-likeness (QED) is 0.366. The molecule has 0 saturated carbocycles. The maximum Gasteiger partial charge on any atom is 0.423 e. The van der Waals surface area contributed by atoms with Crippen LogP contribution < -0.4 is 0 Å². The van der Waals surface area contributed by atoms with Crippen molar-refractivity contribution in [1.82, 2.24) is 0 Å². The van der Waals surface area contributed by atoms with E-state index in [0.717, 1.165) is 30.4 Å². The molecule has 0 aliphatic rings. The Morgan fingerprint density at radius 3 is 2.32 bits per heavy atom. The van der Waals surface area contributed by atoms with Gasteiger partial charge in [-0.25, -0.2) is 4.79 Å². The van der Waals surface area contributed by atoms with Gasteiger partial charge in [0.1, 0.15) is 11.2 Å². The number of hydrogen-bond acceptors (Lipinski definition) is 4. The van der Waals surface area contributed by atoms with Crippen molar-refractivity contribution in [3.63, 3.8) is 0 Å². The Hall–Kier alpha value is -2.38. The molecule has 0 aliphatic carbocycles. The van der Waals surface area contributed by atoms with Gasteiger partial charge < -0.3 is 4.74 Å². The summed E-state index contributed by atoms with van der Waals surface area (Å²) in [5.74, 6) is -0.841. The minimum Gasteiger partial charge on any atom is -0.457 e. The van der Waals surface area contributed by atoms with E-state index in [-0.39, 0.29) is 0 Å². The van der Waals surface area contributed by atoms with Crippen molar-refractivity contribution >= 4 is 17.7 Å². The molecule has 0 saturated heterocycles. The van der Waals surface area contributed by atoms with Crippen LogP contribution in [0, 0.1) is 10.1 Å². The third-order valence-electron chi connectivity index (χ3n) is 2.36. The van der Waals surface area contributed by atoms with Gasteiger partial charge in [-0.2, -0.15) is 13.2 Å². The summed E-state index contributed by atoms with van der Waals surface area (Å²) in [7, 11) is 0. The number of carbonyl (C=O) groups excluding carboxylic acids is 1. The summed E-state index contributed by atoms with van der Waals surface area (Å²) in [5.41, 5.74) is -3.75. The van der Waals surface area contributed by atoms with Gasteiger partial charge in [-0.3, -0.25) is 10.1 Å². The van der Waals surface area contributed by atoms with E-state index in [9.17, 15) is 28.1 Å². The molecule has 0 unspecified atom stereocenters. The van der Waals surface area contributed by atoms with E-state index < -0.39 is 39.5 Å². The van der Waals surface area contributed by atoms with Gasteiger partial charge >= 0.3 is 12.1 Å². The fourth-order valence-corrected chi connectivity index (χ4v) is 1.65. The van der Waals surface area contributed by atoms with Crippen molar-refractivity contribution in [3.8, 4) is 0 Å². The number of hydrogen-bond donors (Lipinski definition) is 0. The van der Waals surface area contributed by atoms with Crippen molar-refractivity contribution in [2.45, 2.75) is 32.5 Å². The van der Waals surface area contributed by atoms with E-state index >= 15 is 0 Å². The second-order valence-electron chi connectivity index (χ2n) is 5.36. The lowest BCUT2D eigenvalue weighted by molar-refractivity contribution is -0.388. The lowest BCUT2D eigenvalue weighted by Gasteiger charge is -2.18. The number of carbonyl (C=O) groups is 1. The highest BCUT2D eigenvalue weighted by Gasteiger charge is 2.40. The third kappa shape index (κ3) is 4.87. The van der Waals surface area contributed by atoms with Crippen molar-refractivity contribution in [2.24, 2.45) is 0 Å². The second-order valence-corrected chi connectivity index (χ2v) is 5.36. The molecule has 0 heterocycles. The molecule has 0 amide bonds. The van der Waals surface area contributed by atoms with Crippen LogP contribution in [0.1, 0.15) is 31.9 Å². The predicted octanol–water partition coefficient (Wildman–Crippen LogP) is 3.97. The summed E-state index contributed by atoms with van der Waals surface area (Å²) in [5, 5.41) is 10.7. The number of nitrogens with zero attached hydrogens (tertiary/aromatic N) is 1. The van der Waals surface area contributed by atoms with E-state index in [4.69, 9.17) is 4.74 Å². The number of rotatable bonds is 3. The molecule has 22 heavy (non-hydrogen) atoms. The number of esters is 1. The third-order valence-corrected chi connectivity index (χ3v) is 2.36. The van der Waals surface area contributed by atoms with Crippen LogP contribution in [-0.4, -0.2) is 16.5 Å². The minimum atomic E-state index is -4.92. The van der Waals surface area contributed by atoms with E-state index in [1.54, 1.807) is 20.8 Å². The van der Waals surface area contributed by atoms with Crippen molar-refractivity contribution in [2.75, 3.05) is 0 Å². The highest BCUT2D eigenvalue weighted by Crippen LogP contribution is 2.38. The van der Waals surface area contributed by atoms with Gasteiger partial charge in [0, 0.05) is 12.1 Å². The molecule has 8 heteroatoms. The van der Waals surface area contributed by atoms with Gasteiger partial charge in [0.05, 0.1) is 4.92 Å². The fourth-order valence-electron chi connectivity index (χ4n) is 1.65. The van der Waals surface area contributed by atoms with Crippen LogP contribution in [0.5, 0.6) is 0 Å². The van der Waals surface area contributed by atoms with E-state index in [2.05, 4.69) is 0 Å². The van der Waals surface area contributed by atoms with Crippen LogP contribution in [0.25, 0.3) is 6.08 Å². The summed E-state index contributed by atoms with van der Waals surface area (Å²) in [6.45, 7) is 4.81. The molecule has 0 N–H and O–H groups in total. The normalized spacial score (nSPS) is 12.5. The largest absolute Gasteiger partial charge is 0.457 e. The van der Waals surface area contributed by atoms with E-state index in [1.807, 2.05) is 0 Å². The maximum absolute atomic E-state index is 13.0. The Balaban J connectivity index is 3.23. The van der Waals surface area contributed by atoms with Gasteiger partial charge in [-0.15, -0.1) is 0 Å². The van der Waals surface area contributed by atoms with Gasteiger partial charge in [0.2, 0.25) is 0 Å². The predicted molar refractivity (Wildman–Crippen MR) is 73.0 cm³/mol. The van der Waals surface area contributed by atoms with Crippen LogP contribution in [0.4, 0.5) is 18.9 Å². The number of alkyl halides is 3. The standard InChI is InChI=1S/C14H14F3NO4/c1-13(2,3)22-11(19)8-7-9-5-4-6-10(18(20)21)12(9)14(15,16)17/h4-8H,1-3H3/b8-7+. The molecule has 0 bridgehead atoms. The molecule has 5 nitrogen and oxygen atoms in total. The van der Waals surface area contributed by atoms with Crippen LogP contribution >= 0.6 is 0 Å². The first-order valence-corrected chi connectivity index (χ1v) is 6.17. The minimum absolute atomic E-state index is 0.479. The summed E-state index contributed by atoms with van der Waals surface area (Å²) >= 11 is 0. The zero-order valence-electron chi connectivity index (χ0n) is 12.1. The molecule has 0 radical (unpaired) electrons. The molecule has 0 fully saturated rings. The molecule has 1 aromatic carbocycles. The SMILES string of the molecule is CC(C)(C)OC(=O)/C=C/c1cccc([N+](=O)[O-])c1C(F)(F)F. The Morgan fingerprint density at radius 1 is 1.27 bits per heavy atom. The van der Waals surface area contributed by atoms with Gasteiger partial charge in [-0.1, -0.05) is 12.1 Å². The Labute approximate surface area is 124 Å². The molecule has 1 rings (SSSR count). The summed E-state index contributed by atoms with van der Waals surface area (Å²) < 4.78 is 44.0. The molecule has 120 valence electrons. The maximum atomic E-state index is 13.0. The average molecular weight is 317 g/mol. The van der Waals surface area contributed by atoms with Crippen molar-refractivity contribution in [3.05, 3.63) is 45.5 Å². The van der Waals surface area contributed by atoms with Gasteiger partial charge in [-0.05, 0) is 32.4 Å². The van der Waals surface area contributed by atoms with Crippen LogP contribution in [0.2, 0.25) is 0 Å². The number of ether oxygens (including phenoxy) is 1. The second kappa shape index (κ2) is 6.17. The highest BCUT2D eigenvalue weighted by molar-refractivity contribution is 5.88. The fraction of sp³-hybridized carbons (Fsp3) is 0.357. The molecular formula is C14H14F3NO4. The first-order chi connectivity index (χ1) is 9.92. The first-order valence-electron chi connectivity index (χ1n) is 6.17. The Kier molecular flexibility index (Phi) is 4.95. The monoisotopic (exact) mass is 317 g/mol. The molecule has 0 aromatic heterocycles. The zero-order chi connectivity index (χ0) is 17.1. The molecule has 0 aliphatic heterocycles. The smallest absolute Gasteiger partial charge is 0.423 e. The number of halogens is 3. The number of nitro groups is 1. The van der Waals surface area contributed by atoms with Crippen molar-refractivity contribution in [1.29, 1.82) is 0 Å². The summed E-state index contributed by atoms with van der Waals surface area (Å²) in [4.78, 5) is 21.1. The van der Waals surface area contributed by atoms with Crippen LogP contribution in [-0.2, 0) is 15.7 Å². The molecule has 0 atom stereocenters. The lowest BCUT2D eigenvalue weighted by Crippen LogP contribution is -2.22. The molecule has 1 aromatic rings. The van der Waals surface area contributed by atoms with Crippen LogP contribution in [0.3, 0.4) is 0 Å². The first kappa shape index (κ1) is 17.7. The van der Waals surface area contributed by atoms with E-state index in [1.165, 1.54) is 0 Å². The van der Waals surface area contributed by atoms with Crippen LogP contribution in [0.15, 0.2) is 24.3 Å². The zero-order valence-corrected chi connectivity index (χ0v) is 12.1. The topological polar surface area (TPSA) is 69.4 Å². The molecule has 0 spiro atoms. The lowest BCUT2D eigenvalue weighted by atomic mass is 10.0. The molecular weight excluding hydrogens is 303 g/mol.